The van der Waals surface area contributed by atoms with Crippen LogP contribution in [0.5, 0.6) is 0 Å². The molecule has 1 saturated heterocycles. The first-order chi connectivity index (χ1) is 4.43. The SMILES string of the molecule is CCCOP1OCCO1. The van der Waals surface area contributed by atoms with Crippen molar-refractivity contribution in [2.75, 3.05) is 19.8 Å². The van der Waals surface area contributed by atoms with Crippen molar-refractivity contribution < 1.29 is 13.6 Å². The van der Waals surface area contributed by atoms with Crippen LogP contribution in [-0.4, -0.2) is 19.8 Å². The number of hydrogen-bond acceptors (Lipinski definition) is 3. The standard InChI is InChI=1S/C5H11O3P/c1-2-3-6-9-7-4-5-8-9/h2-5H2,1H3. The fourth-order valence-electron chi connectivity index (χ4n) is 0.501. The summed E-state index contributed by atoms with van der Waals surface area (Å²) in [6.07, 6.45) is 1.02. The maximum absolute atomic E-state index is 5.17. The molecule has 0 aromatic heterocycles. The number of hydrogen-bond donors (Lipinski definition) is 0. The highest BCUT2D eigenvalue weighted by molar-refractivity contribution is 7.41. The molecular weight excluding hydrogens is 139 g/mol. The molecule has 0 amide bonds. The van der Waals surface area contributed by atoms with Gasteiger partial charge in [-0.1, -0.05) is 6.92 Å². The molecule has 0 aliphatic carbocycles. The third-order valence-corrected chi connectivity index (χ3v) is 2.06. The lowest BCUT2D eigenvalue weighted by atomic mass is 10.5. The minimum atomic E-state index is -0.951. The van der Waals surface area contributed by atoms with E-state index >= 15 is 0 Å². The normalized spacial score (nSPS) is 21.0. The summed E-state index contributed by atoms with van der Waals surface area (Å²) < 4.78 is 15.3. The molecule has 9 heavy (non-hydrogen) atoms. The summed E-state index contributed by atoms with van der Waals surface area (Å²) in [7, 11) is -0.951. The predicted molar refractivity (Wildman–Crippen MR) is 35.1 cm³/mol. The zero-order chi connectivity index (χ0) is 6.53. The van der Waals surface area contributed by atoms with Gasteiger partial charge in [0.2, 0.25) is 0 Å². The molecule has 0 unspecified atom stereocenters. The fraction of sp³-hybridized carbons (Fsp3) is 1.00. The fourth-order valence-corrected chi connectivity index (χ4v) is 1.50. The second-order valence-corrected chi connectivity index (χ2v) is 2.95. The van der Waals surface area contributed by atoms with E-state index in [9.17, 15) is 0 Å². The number of rotatable bonds is 3. The summed E-state index contributed by atoms with van der Waals surface area (Å²) in [6.45, 7) is 4.18. The van der Waals surface area contributed by atoms with Gasteiger partial charge in [0.25, 0.3) is 0 Å². The van der Waals surface area contributed by atoms with Crippen LogP contribution < -0.4 is 0 Å². The molecule has 0 aromatic rings. The van der Waals surface area contributed by atoms with Gasteiger partial charge in [0.1, 0.15) is 0 Å². The Bertz CT molecular complexity index is 72.6. The third kappa shape index (κ3) is 2.59. The van der Waals surface area contributed by atoms with Crippen LogP contribution >= 0.6 is 8.60 Å². The summed E-state index contributed by atoms with van der Waals surface area (Å²) >= 11 is 0. The Morgan fingerprint density at radius 1 is 1.44 bits per heavy atom. The largest absolute Gasteiger partial charge is 0.332 e. The Morgan fingerprint density at radius 2 is 2.11 bits per heavy atom. The van der Waals surface area contributed by atoms with E-state index in [0.29, 0.717) is 13.2 Å². The zero-order valence-electron chi connectivity index (χ0n) is 5.50. The lowest BCUT2D eigenvalue weighted by molar-refractivity contribution is 0.248. The van der Waals surface area contributed by atoms with Crippen molar-refractivity contribution in [2.24, 2.45) is 0 Å². The van der Waals surface area contributed by atoms with E-state index in [4.69, 9.17) is 13.6 Å². The van der Waals surface area contributed by atoms with E-state index < -0.39 is 8.60 Å². The molecule has 4 heteroatoms. The Kier molecular flexibility index (Phi) is 3.44. The quantitative estimate of drug-likeness (QED) is 0.573. The Labute approximate surface area is 56.3 Å². The van der Waals surface area contributed by atoms with Gasteiger partial charge in [0.05, 0.1) is 19.8 Å². The first-order valence-corrected chi connectivity index (χ1v) is 4.22. The van der Waals surface area contributed by atoms with Crippen LogP contribution in [0.25, 0.3) is 0 Å². The van der Waals surface area contributed by atoms with Gasteiger partial charge >= 0.3 is 8.60 Å². The summed E-state index contributed by atoms with van der Waals surface area (Å²) in [5.74, 6) is 0. The highest BCUT2D eigenvalue weighted by Gasteiger charge is 2.17. The molecule has 0 radical (unpaired) electrons. The Hall–Kier alpha value is 0.310. The van der Waals surface area contributed by atoms with Gasteiger partial charge in [-0.2, -0.15) is 0 Å². The summed E-state index contributed by atoms with van der Waals surface area (Å²) in [5.41, 5.74) is 0. The summed E-state index contributed by atoms with van der Waals surface area (Å²) in [6, 6.07) is 0. The summed E-state index contributed by atoms with van der Waals surface area (Å²) in [5, 5.41) is 0. The lowest BCUT2D eigenvalue weighted by Gasteiger charge is -2.04. The van der Waals surface area contributed by atoms with E-state index in [0.717, 1.165) is 13.0 Å². The van der Waals surface area contributed by atoms with Crippen molar-refractivity contribution in [3.8, 4) is 0 Å². The molecule has 1 aliphatic heterocycles. The van der Waals surface area contributed by atoms with Crippen LogP contribution in [0.15, 0.2) is 0 Å². The van der Waals surface area contributed by atoms with Gasteiger partial charge in [-0.25, -0.2) is 0 Å². The summed E-state index contributed by atoms with van der Waals surface area (Å²) in [4.78, 5) is 0. The molecule has 54 valence electrons. The predicted octanol–water partition coefficient (Wildman–Crippen LogP) is 1.69. The molecule has 1 aliphatic rings. The maximum Gasteiger partial charge on any atom is 0.332 e. The van der Waals surface area contributed by atoms with Gasteiger partial charge in [0.15, 0.2) is 0 Å². The molecule has 1 rings (SSSR count). The van der Waals surface area contributed by atoms with Crippen molar-refractivity contribution in [1.29, 1.82) is 0 Å². The molecule has 0 N–H and O–H groups in total. The van der Waals surface area contributed by atoms with Crippen LogP contribution in [0.2, 0.25) is 0 Å². The van der Waals surface area contributed by atoms with Crippen molar-refractivity contribution in [1.82, 2.24) is 0 Å². The zero-order valence-corrected chi connectivity index (χ0v) is 6.39. The van der Waals surface area contributed by atoms with Gasteiger partial charge in [-0.3, -0.25) is 0 Å². The lowest BCUT2D eigenvalue weighted by Crippen LogP contribution is -1.85. The van der Waals surface area contributed by atoms with Crippen molar-refractivity contribution >= 4 is 8.60 Å². The molecule has 1 fully saturated rings. The van der Waals surface area contributed by atoms with E-state index in [2.05, 4.69) is 6.92 Å². The first kappa shape index (κ1) is 7.42. The van der Waals surface area contributed by atoms with E-state index in [1.165, 1.54) is 0 Å². The monoisotopic (exact) mass is 150 g/mol. The van der Waals surface area contributed by atoms with Gasteiger partial charge in [0, 0.05) is 0 Å². The van der Waals surface area contributed by atoms with Crippen LogP contribution in [0, 0.1) is 0 Å². The Morgan fingerprint density at radius 3 is 2.67 bits per heavy atom. The van der Waals surface area contributed by atoms with Gasteiger partial charge < -0.3 is 13.6 Å². The van der Waals surface area contributed by atoms with Crippen LogP contribution in [0.3, 0.4) is 0 Å². The molecule has 3 nitrogen and oxygen atoms in total. The first-order valence-electron chi connectivity index (χ1n) is 3.12. The van der Waals surface area contributed by atoms with E-state index in [-0.39, 0.29) is 0 Å². The molecule has 0 atom stereocenters. The molecule has 1 heterocycles. The van der Waals surface area contributed by atoms with Crippen LogP contribution in [0.4, 0.5) is 0 Å². The molecule has 0 bridgehead atoms. The average molecular weight is 150 g/mol. The molecule has 0 spiro atoms. The van der Waals surface area contributed by atoms with Gasteiger partial charge in [-0.15, -0.1) is 0 Å². The maximum atomic E-state index is 5.17. The van der Waals surface area contributed by atoms with E-state index in [1.54, 1.807) is 0 Å². The molecule has 0 aromatic carbocycles. The minimum absolute atomic E-state index is 0.690. The van der Waals surface area contributed by atoms with Crippen molar-refractivity contribution in [3.63, 3.8) is 0 Å². The topological polar surface area (TPSA) is 27.7 Å². The molecular formula is C5H11O3P. The van der Waals surface area contributed by atoms with Crippen LogP contribution in [0.1, 0.15) is 13.3 Å². The van der Waals surface area contributed by atoms with Crippen molar-refractivity contribution in [2.45, 2.75) is 13.3 Å². The van der Waals surface area contributed by atoms with Crippen LogP contribution in [-0.2, 0) is 13.6 Å². The smallest absolute Gasteiger partial charge is 0.312 e. The Balaban J connectivity index is 1.98. The average Bonchev–Trinajstić information content (AvgIpc) is 2.34. The van der Waals surface area contributed by atoms with E-state index in [1.807, 2.05) is 0 Å². The highest BCUT2D eigenvalue weighted by atomic mass is 31.2. The minimum Gasteiger partial charge on any atom is -0.312 e. The second kappa shape index (κ2) is 4.18. The second-order valence-electron chi connectivity index (χ2n) is 1.72. The van der Waals surface area contributed by atoms with Gasteiger partial charge in [-0.05, 0) is 6.42 Å². The third-order valence-electron chi connectivity index (χ3n) is 0.878. The molecule has 0 saturated carbocycles. The van der Waals surface area contributed by atoms with Crippen molar-refractivity contribution in [3.05, 3.63) is 0 Å². The highest BCUT2D eigenvalue weighted by Crippen LogP contribution is 2.43.